The number of nitrogens with zero attached hydrogens (tertiary/aromatic N) is 6. The van der Waals surface area contributed by atoms with Crippen molar-refractivity contribution >= 4 is 17.0 Å². The SMILES string of the molecule is COc1ccc(Cn2nnc3c(N4CCC(O)C4)nc(C(C)(C)C)nc32)cc1. The maximum Gasteiger partial charge on any atom is 0.184 e. The molecule has 0 spiro atoms. The summed E-state index contributed by atoms with van der Waals surface area (Å²) in [5.41, 5.74) is 2.26. The maximum absolute atomic E-state index is 9.97. The summed E-state index contributed by atoms with van der Waals surface area (Å²) in [4.78, 5) is 11.7. The van der Waals surface area contributed by atoms with Gasteiger partial charge in [-0.25, -0.2) is 14.6 Å². The van der Waals surface area contributed by atoms with Crippen LogP contribution in [0.4, 0.5) is 5.82 Å². The largest absolute Gasteiger partial charge is 0.497 e. The minimum atomic E-state index is -0.336. The van der Waals surface area contributed by atoms with Gasteiger partial charge in [0.15, 0.2) is 17.0 Å². The third-order valence-corrected chi connectivity index (χ3v) is 4.97. The van der Waals surface area contributed by atoms with Crippen molar-refractivity contribution in [1.82, 2.24) is 25.0 Å². The fraction of sp³-hybridized carbons (Fsp3) is 0.500. The highest BCUT2D eigenvalue weighted by molar-refractivity contribution is 5.83. The summed E-state index contributed by atoms with van der Waals surface area (Å²) in [6.45, 7) is 8.14. The number of aliphatic hydroxyl groups is 1. The van der Waals surface area contributed by atoms with Crippen LogP contribution in [0.1, 0.15) is 38.6 Å². The third-order valence-electron chi connectivity index (χ3n) is 4.97. The second kappa shape index (κ2) is 7.01. The lowest BCUT2D eigenvalue weighted by atomic mass is 9.96. The number of ether oxygens (including phenoxy) is 1. The van der Waals surface area contributed by atoms with Crippen LogP contribution in [0.15, 0.2) is 24.3 Å². The van der Waals surface area contributed by atoms with Crippen molar-refractivity contribution in [3.05, 3.63) is 35.7 Å². The smallest absolute Gasteiger partial charge is 0.184 e. The molecule has 1 unspecified atom stereocenters. The van der Waals surface area contributed by atoms with E-state index in [1.165, 1.54) is 0 Å². The van der Waals surface area contributed by atoms with E-state index in [0.29, 0.717) is 24.3 Å². The molecule has 0 aliphatic carbocycles. The molecule has 3 heterocycles. The van der Waals surface area contributed by atoms with Crippen LogP contribution >= 0.6 is 0 Å². The zero-order valence-electron chi connectivity index (χ0n) is 16.8. The number of anilines is 1. The molecule has 4 rings (SSSR count). The van der Waals surface area contributed by atoms with Crippen LogP contribution in [0, 0.1) is 0 Å². The van der Waals surface area contributed by atoms with E-state index in [-0.39, 0.29) is 11.5 Å². The fourth-order valence-electron chi connectivity index (χ4n) is 3.34. The molecule has 8 heteroatoms. The van der Waals surface area contributed by atoms with Crippen LogP contribution in [-0.2, 0) is 12.0 Å². The average molecular weight is 382 g/mol. The maximum atomic E-state index is 9.97. The van der Waals surface area contributed by atoms with E-state index in [2.05, 4.69) is 36.0 Å². The van der Waals surface area contributed by atoms with Gasteiger partial charge in [0.05, 0.1) is 19.8 Å². The van der Waals surface area contributed by atoms with Crippen molar-refractivity contribution in [2.75, 3.05) is 25.1 Å². The minimum Gasteiger partial charge on any atom is -0.497 e. The number of benzene rings is 1. The normalized spacial score (nSPS) is 17.5. The monoisotopic (exact) mass is 382 g/mol. The van der Waals surface area contributed by atoms with Gasteiger partial charge in [-0.15, -0.1) is 5.10 Å². The lowest BCUT2D eigenvalue weighted by Gasteiger charge is -2.21. The van der Waals surface area contributed by atoms with E-state index in [0.717, 1.165) is 35.9 Å². The van der Waals surface area contributed by atoms with Gasteiger partial charge in [-0.05, 0) is 24.1 Å². The minimum absolute atomic E-state index is 0.212. The van der Waals surface area contributed by atoms with Crippen molar-refractivity contribution < 1.29 is 9.84 Å². The molecule has 2 aromatic heterocycles. The Labute approximate surface area is 164 Å². The molecule has 1 atom stereocenters. The van der Waals surface area contributed by atoms with Crippen LogP contribution in [0.5, 0.6) is 5.75 Å². The van der Waals surface area contributed by atoms with Crippen molar-refractivity contribution in [3.63, 3.8) is 0 Å². The number of β-amino-alcohol motifs (C(OH)–C–C–N with tert-alkyl or cyclic N) is 1. The fourth-order valence-corrected chi connectivity index (χ4v) is 3.34. The molecule has 1 aliphatic rings. The van der Waals surface area contributed by atoms with Crippen LogP contribution in [0.3, 0.4) is 0 Å². The van der Waals surface area contributed by atoms with Gasteiger partial charge in [-0.2, -0.15) is 0 Å². The summed E-state index contributed by atoms with van der Waals surface area (Å²) >= 11 is 0. The topological polar surface area (TPSA) is 89.2 Å². The molecular weight excluding hydrogens is 356 g/mol. The number of rotatable bonds is 4. The van der Waals surface area contributed by atoms with Gasteiger partial charge >= 0.3 is 0 Å². The van der Waals surface area contributed by atoms with E-state index in [9.17, 15) is 5.11 Å². The van der Waals surface area contributed by atoms with Crippen molar-refractivity contribution in [3.8, 4) is 5.75 Å². The second-order valence-corrected chi connectivity index (χ2v) is 8.28. The van der Waals surface area contributed by atoms with Gasteiger partial charge in [0.1, 0.15) is 11.6 Å². The highest BCUT2D eigenvalue weighted by Gasteiger charge is 2.28. The number of hydrogen-bond acceptors (Lipinski definition) is 7. The van der Waals surface area contributed by atoms with Crippen LogP contribution in [0.25, 0.3) is 11.2 Å². The molecular formula is C20H26N6O2. The lowest BCUT2D eigenvalue weighted by molar-refractivity contribution is 0.198. The Morgan fingerprint density at radius 1 is 1.18 bits per heavy atom. The highest BCUT2D eigenvalue weighted by atomic mass is 16.5. The summed E-state index contributed by atoms with van der Waals surface area (Å²) in [5.74, 6) is 2.32. The Morgan fingerprint density at radius 2 is 1.93 bits per heavy atom. The standard InChI is InChI=1S/C20H26N6O2/c1-20(2,3)19-21-17(25-10-9-14(27)12-25)16-18(22-19)26(24-23-16)11-13-5-7-15(28-4)8-6-13/h5-8,14,27H,9-12H2,1-4H3. The van der Waals surface area contributed by atoms with E-state index >= 15 is 0 Å². The molecule has 0 amide bonds. The van der Waals surface area contributed by atoms with Crippen molar-refractivity contribution in [2.45, 2.75) is 45.3 Å². The number of hydrogen-bond donors (Lipinski definition) is 1. The van der Waals surface area contributed by atoms with Gasteiger partial charge in [-0.3, -0.25) is 0 Å². The van der Waals surface area contributed by atoms with Gasteiger partial charge in [0.25, 0.3) is 0 Å². The van der Waals surface area contributed by atoms with Crippen molar-refractivity contribution in [2.24, 2.45) is 0 Å². The Balaban J connectivity index is 1.77. The first kappa shape index (κ1) is 18.6. The molecule has 1 N–H and O–H groups in total. The van der Waals surface area contributed by atoms with Gasteiger partial charge in [-0.1, -0.05) is 38.1 Å². The molecule has 0 bridgehead atoms. The lowest BCUT2D eigenvalue weighted by Crippen LogP contribution is -2.25. The molecule has 1 saturated heterocycles. The van der Waals surface area contributed by atoms with E-state index in [1.54, 1.807) is 7.11 Å². The number of fused-ring (bicyclic) bond motifs is 1. The van der Waals surface area contributed by atoms with Crippen LogP contribution in [0.2, 0.25) is 0 Å². The number of methoxy groups -OCH3 is 1. The molecule has 28 heavy (non-hydrogen) atoms. The predicted molar refractivity (Wildman–Crippen MR) is 107 cm³/mol. The summed E-state index contributed by atoms with van der Waals surface area (Å²) in [5, 5.41) is 18.7. The van der Waals surface area contributed by atoms with Gasteiger partial charge in [0, 0.05) is 18.5 Å². The quantitative estimate of drug-likeness (QED) is 0.739. The van der Waals surface area contributed by atoms with Gasteiger partial charge < -0.3 is 14.7 Å². The molecule has 1 aliphatic heterocycles. The molecule has 8 nitrogen and oxygen atoms in total. The highest BCUT2D eigenvalue weighted by Crippen LogP contribution is 2.29. The summed E-state index contributed by atoms with van der Waals surface area (Å²) < 4.78 is 7.04. The first-order valence-corrected chi connectivity index (χ1v) is 9.53. The zero-order valence-corrected chi connectivity index (χ0v) is 16.8. The van der Waals surface area contributed by atoms with Crippen LogP contribution in [-0.4, -0.2) is 56.4 Å². The Morgan fingerprint density at radius 3 is 2.54 bits per heavy atom. The molecule has 3 aromatic rings. The molecule has 0 saturated carbocycles. The zero-order chi connectivity index (χ0) is 19.9. The molecule has 0 radical (unpaired) electrons. The first-order valence-electron chi connectivity index (χ1n) is 9.53. The predicted octanol–water partition coefficient (Wildman–Crippen LogP) is 2.15. The van der Waals surface area contributed by atoms with E-state index < -0.39 is 0 Å². The first-order chi connectivity index (χ1) is 13.3. The van der Waals surface area contributed by atoms with Crippen molar-refractivity contribution in [1.29, 1.82) is 0 Å². The number of aliphatic hydroxyl groups excluding tert-OH is 1. The molecule has 1 aromatic carbocycles. The summed E-state index contributed by atoms with van der Waals surface area (Å²) in [6, 6.07) is 7.88. The Hall–Kier alpha value is -2.74. The second-order valence-electron chi connectivity index (χ2n) is 8.28. The van der Waals surface area contributed by atoms with E-state index in [4.69, 9.17) is 14.7 Å². The Bertz CT molecular complexity index is 977. The summed E-state index contributed by atoms with van der Waals surface area (Å²) in [6.07, 6.45) is 0.397. The average Bonchev–Trinajstić information content (AvgIpc) is 3.27. The van der Waals surface area contributed by atoms with E-state index in [1.807, 2.05) is 28.9 Å². The third kappa shape index (κ3) is 3.52. The van der Waals surface area contributed by atoms with Crippen LogP contribution < -0.4 is 9.64 Å². The summed E-state index contributed by atoms with van der Waals surface area (Å²) in [7, 11) is 1.65. The van der Waals surface area contributed by atoms with Gasteiger partial charge in [0.2, 0.25) is 0 Å². The number of aromatic nitrogens is 5. The molecule has 1 fully saturated rings. The Kier molecular flexibility index (Phi) is 4.66. The molecule has 148 valence electrons.